The van der Waals surface area contributed by atoms with Crippen LogP contribution in [0.1, 0.15) is 5.56 Å². The molecule has 0 saturated carbocycles. The third-order valence-corrected chi connectivity index (χ3v) is 2.72. The van der Waals surface area contributed by atoms with Gasteiger partial charge in [0.15, 0.2) is 0 Å². The Morgan fingerprint density at radius 2 is 2.09 bits per heavy atom. The molecule has 1 aromatic carbocycles. The molecule has 0 bridgehead atoms. The normalized spacial score (nSPS) is 9.09. The zero-order valence-corrected chi connectivity index (χ0v) is 11.9. The van der Waals surface area contributed by atoms with Crippen molar-refractivity contribution < 1.29 is 22.7 Å². The summed E-state index contributed by atoms with van der Waals surface area (Å²) < 4.78 is 12.9. The van der Waals surface area contributed by atoms with Gasteiger partial charge in [-0.3, -0.25) is 0 Å². The summed E-state index contributed by atoms with van der Waals surface area (Å²) in [6.07, 6.45) is 0. The maximum absolute atomic E-state index is 12.9. The summed E-state index contributed by atoms with van der Waals surface area (Å²) >= 11 is 6.60. The summed E-state index contributed by atoms with van der Waals surface area (Å²) in [4.78, 5) is 0. The van der Waals surface area contributed by atoms with Crippen molar-refractivity contribution in [1.82, 2.24) is 0 Å². The predicted molar refractivity (Wildman–Crippen MR) is 50.5 cm³/mol. The van der Waals surface area contributed by atoms with Gasteiger partial charge in [0.2, 0.25) is 0 Å². The minimum absolute atomic E-state index is 0. The molecular weight excluding hydrogens is 331 g/mol. The Morgan fingerprint density at radius 3 is 2.55 bits per heavy atom. The van der Waals surface area contributed by atoms with E-state index < -0.39 is 0 Å². The molecule has 0 heterocycles. The molecule has 0 unspecified atom stereocenters. The summed E-state index contributed by atoms with van der Waals surface area (Å²) in [5.74, 6) is -0.254. The van der Waals surface area contributed by atoms with Gasteiger partial charge in [-0.2, -0.15) is 0 Å². The van der Waals surface area contributed by atoms with Gasteiger partial charge in [-0.25, -0.2) is 0 Å². The maximum Gasteiger partial charge on any atom is -0.107 e. The Labute approximate surface area is 97.2 Å². The second-order valence-corrected chi connectivity index (χ2v) is 3.42. The average molecular weight is 337 g/mol. The minimum atomic E-state index is -0.254. The first kappa shape index (κ1) is 11.8. The third-order valence-electron chi connectivity index (χ3n) is 1.30. The fourth-order valence-electron chi connectivity index (χ4n) is 0.742. The standard InChI is InChI=1S/C7H5ClF.HI.Zn/c1-5-3-2-4-6(8)7(5)9;;/h2-4H,1H2;1H;. The minimum Gasteiger partial charge on any atom is -0.107 e. The SMILES string of the molecule is Fc1c(Cl)cccc1[CH2][Zn].I. The Morgan fingerprint density at radius 1 is 1.45 bits per heavy atom. The molecule has 0 aliphatic heterocycles. The van der Waals surface area contributed by atoms with Crippen LogP contribution in [-0.2, 0) is 23.3 Å². The molecule has 57 valence electrons. The Hall–Kier alpha value is 0.793. The Kier molecular flexibility index (Phi) is 5.83. The van der Waals surface area contributed by atoms with Crippen LogP contribution < -0.4 is 0 Å². The summed E-state index contributed by atoms with van der Waals surface area (Å²) in [6, 6.07) is 5.11. The van der Waals surface area contributed by atoms with Crippen LogP contribution in [0.2, 0.25) is 5.02 Å². The molecule has 0 radical (unpaired) electrons. The summed E-state index contributed by atoms with van der Waals surface area (Å²) in [6.45, 7) is 0. The molecule has 0 atom stereocenters. The molecule has 0 saturated heterocycles. The summed E-state index contributed by atoms with van der Waals surface area (Å²) in [5, 5.41) is 1.04. The van der Waals surface area contributed by atoms with Gasteiger partial charge in [-0.15, -0.1) is 24.0 Å². The van der Waals surface area contributed by atoms with Crippen LogP contribution in [0.25, 0.3) is 0 Å². The maximum atomic E-state index is 12.9. The van der Waals surface area contributed by atoms with Gasteiger partial charge in [0.05, 0.1) is 0 Å². The van der Waals surface area contributed by atoms with Crippen molar-refractivity contribution in [2.45, 2.75) is 5.02 Å². The number of hydrogen-bond acceptors (Lipinski definition) is 0. The molecule has 1 rings (SSSR count). The van der Waals surface area contributed by atoms with Crippen LogP contribution >= 0.6 is 35.6 Å². The van der Waals surface area contributed by atoms with Gasteiger partial charge < -0.3 is 0 Å². The zero-order valence-electron chi connectivity index (χ0n) is 5.81. The molecule has 0 aliphatic carbocycles. The molecule has 1 aromatic rings. The number of halogens is 3. The van der Waals surface area contributed by atoms with Gasteiger partial charge in [0.1, 0.15) is 0 Å². The van der Waals surface area contributed by atoms with Gasteiger partial charge in [-0.05, 0) is 0 Å². The monoisotopic (exact) mass is 335 g/mol. The van der Waals surface area contributed by atoms with E-state index in [0.717, 1.165) is 28.9 Å². The van der Waals surface area contributed by atoms with E-state index in [0.29, 0.717) is 0 Å². The first-order valence-electron chi connectivity index (χ1n) is 2.98. The van der Waals surface area contributed by atoms with Crippen LogP contribution in [0, 0.1) is 5.82 Å². The van der Waals surface area contributed by atoms with E-state index in [1.165, 1.54) is 0 Å². The van der Waals surface area contributed by atoms with Crippen molar-refractivity contribution in [2.75, 3.05) is 0 Å². The molecule has 0 aromatic heterocycles. The average Bonchev–Trinajstić information content (AvgIpc) is 1.95. The van der Waals surface area contributed by atoms with E-state index in [1.807, 2.05) is 0 Å². The predicted octanol–water partition coefficient (Wildman–Crippen LogP) is 3.14. The summed E-state index contributed by atoms with van der Waals surface area (Å²) in [5.41, 5.74) is 0.729. The van der Waals surface area contributed by atoms with E-state index in [9.17, 15) is 4.39 Å². The Balaban J connectivity index is 0.000001000. The number of hydrogen-bond donors (Lipinski definition) is 0. The number of rotatable bonds is 1. The first-order chi connectivity index (χ1) is 4.75. The zero-order chi connectivity index (χ0) is 7.56. The fourth-order valence-corrected chi connectivity index (χ4v) is 1.75. The van der Waals surface area contributed by atoms with E-state index in [4.69, 9.17) is 11.6 Å². The van der Waals surface area contributed by atoms with Crippen LogP contribution in [0.3, 0.4) is 0 Å². The quantitative estimate of drug-likeness (QED) is 0.546. The topological polar surface area (TPSA) is 0 Å². The molecule has 0 N–H and O–H groups in total. The van der Waals surface area contributed by atoms with Gasteiger partial charge in [-0.1, -0.05) is 0 Å². The molecule has 0 aliphatic rings. The molecule has 0 fully saturated rings. The van der Waals surface area contributed by atoms with Crippen LogP contribution in [0.5, 0.6) is 0 Å². The van der Waals surface area contributed by atoms with Crippen molar-refractivity contribution in [1.29, 1.82) is 0 Å². The van der Waals surface area contributed by atoms with E-state index in [1.54, 1.807) is 18.2 Å². The van der Waals surface area contributed by atoms with E-state index in [-0.39, 0.29) is 34.8 Å². The van der Waals surface area contributed by atoms with Crippen molar-refractivity contribution in [2.24, 2.45) is 0 Å². The van der Waals surface area contributed by atoms with Gasteiger partial charge in [0, 0.05) is 0 Å². The van der Waals surface area contributed by atoms with Crippen LogP contribution in [0.15, 0.2) is 18.2 Å². The molecule has 0 spiro atoms. The van der Waals surface area contributed by atoms with Crippen LogP contribution in [0.4, 0.5) is 4.39 Å². The summed E-state index contributed by atoms with van der Waals surface area (Å²) in [7, 11) is 0. The second kappa shape index (κ2) is 5.44. The molecular formula is C7H6ClFIZn. The molecule has 0 amide bonds. The van der Waals surface area contributed by atoms with Crippen LogP contribution in [-0.4, -0.2) is 0 Å². The smallest absolute Gasteiger partial charge is 0.107 e. The van der Waals surface area contributed by atoms with E-state index >= 15 is 0 Å². The first-order valence-corrected chi connectivity index (χ1v) is 5.45. The van der Waals surface area contributed by atoms with Crippen molar-refractivity contribution in [3.8, 4) is 0 Å². The molecule has 11 heavy (non-hydrogen) atoms. The van der Waals surface area contributed by atoms with Crippen molar-refractivity contribution in [3.05, 3.63) is 34.6 Å². The molecule has 0 nitrogen and oxygen atoms in total. The third kappa shape index (κ3) is 2.96. The number of benzene rings is 1. The Bertz CT molecular complexity index is 242. The van der Waals surface area contributed by atoms with Gasteiger partial charge in [0.25, 0.3) is 0 Å². The second-order valence-electron chi connectivity index (χ2n) is 1.96. The van der Waals surface area contributed by atoms with Crippen molar-refractivity contribution in [3.63, 3.8) is 0 Å². The fraction of sp³-hybridized carbons (Fsp3) is 0.143. The van der Waals surface area contributed by atoms with E-state index in [2.05, 4.69) is 0 Å². The largest absolute Gasteiger partial charge is 0.107 e. The van der Waals surface area contributed by atoms with Gasteiger partial charge >= 0.3 is 73.9 Å². The molecule has 4 heteroatoms. The van der Waals surface area contributed by atoms with Crippen molar-refractivity contribution >= 4 is 35.6 Å².